The lowest BCUT2D eigenvalue weighted by Crippen LogP contribution is -2.36. The van der Waals surface area contributed by atoms with Gasteiger partial charge in [-0.05, 0) is 48.9 Å². The van der Waals surface area contributed by atoms with Crippen molar-refractivity contribution in [3.8, 4) is 0 Å². The molecule has 114 valence electrons. The van der Waals surface area contributed by atoms with Crippen molar-refractivity contribution in [3.05, 3.63) is 35.4 Å². The van der Waals surface area contributed by atoms with Crippen molar-refractivity contribution < 1.29 is 8.78 Å². The average Bonchev–Trinajstić information content (AvgIpc) is 2.41. The Labute approximate surface area is 121 Å². The first kappa shape index (κ1) is 17.1. The number of nitrogens with one attached hydrogen (secondary N) is 1. The quantitative estimate of drug-likeness (QED) is 0.692. The molecule has 1 nitrogen and oxygen atoms in total. The summed E-state index contributed by atoms with van der Waals surface area (Å²) in [6.45, 7) is 8.25. The molecule has 1 atom stereocenters. The second-order valence-corrected chi connectivity index (χ2v) is 5.69. The van der Waals surface area contributed by atoms with Crippen molar-refractivity contribution in [1.29, 1.82) is 0 Å². The molecule has 0 radical (unpaired) electrons. The Morgan fingerprint density at radius 1 is 1.05 bits per heavy atom. The van der Waals surface area contributed by atoms with Gasteiger partial charge in [-0.3, -0.25) is 0 Å². The Morgan fingerprint density at radius 3 is 2.20 bits per heavy atom. The first-order valence-electron chi connectivity index (χ1n) is 7.71. The van der Waals surface area contributed by atoms with Gasteiger partial charge >= 0.3 is 0 Å². The fourth-order valence-corrected chi connectivity index (χ4v) is 2.75. The number of benzene rings is 1. The standard InChI is InChI=1S/C17H27F2N/c1-4-7-8-17(5-2,13-20-6-3)12-14-9-15(18)11-16(19)10-14/h9-11,20H,4-8,12-13H2,1-3H3. The number of hydrogen-bond acceptors (Lipinski definition) is 1. The van der Waals surface area contributed by atoms with Crippen molar-refractivity contribution in [2.75, 3.05) is 13.1 Å². The molecule has 0 saturated heterocycles. The molecule has 0 amide bonds. The van der Waals surface area contributed by atoms with Gasteiger partial charge in [0.25, 0.3) is 0 Å². The average molecular weight is 283 g/mol. The van der Waals surface area contributed by atoms with Gasteiger partial charge in [0.1, 0.15) is 11.6 Å². The molecule has 0 saturated carbocycles. The van der Waals surface area contributed by atoms with E-state index in [-0.39, 0.29) is 5.41 Å². The lowest BCUT2D eigenvalue weighted by Gasteiger charge is -2.33. The van der Waals surface area contributed by atoms with Crippen molar-refractivity contribution in [3.63, 3.8) is 0 Å². The summed E-state index contributed by atoms with van der Waals surface area (Å²) in [5.41, 5.74) is 0.852. The molecular weight excluding hydrogens is 256 g/mol. The fourth-order valence-electron chi connectivity index (χ4n) is 2.75. The van der Waals surface area contributed by atoms with Gasteiger partial charge in [0, 0.05) is 12.6 Å². The summed E-state index contributed by atoms with van der Waals surface area (Å²) in [5, 5.41) is 3.41. The highest BCUT2D eigenvalue weighted by Crippen LogP contribution is 2.33. The van der Waals surface area contributed by atoms with Crippen LogP contribution in [0.5, 0.6) is 0 Å². The van der Waals surface area contributed by atoms with Gasteiger partial charge in [0.15, 0.2) is 0 Å². The van der Waals surface area contributed by atoms with E-state index in [9.17, 15) is 8.78 Å². The summed E-state index contributed by atoms with van der Waals surface area (Å²) in [6.07, 6.45) is 5.12. The maximum atomic E-state index is 13.4. The van der Waals surface area contributed by atoms with Gasteiger partial charge in [-0.1, -0.05) is 33.6 Å². The molecule has 1 unspecified atom stereocenters. The van der Waals surface area contributed by atoms with Crippen LogP contribution in [0.4, 0.5) is 8.78 Å². The van der Waals surface area contributed by atoms with Crippen molar-refractivity contribution >= 4 is 0 Å². The molecule has 20 heavy (non-hydrogen) atoms. The summed E-state index contributed by atoms with van der Waals surface area (Å²) in [6, 6.07) is 3.87. The highest BCUT2D eigenvalue weighted by atomic mass is 19.1. The number of hydrogen-bond donors (Lipinski definition) is 1. The van der Waals surface area contributed by atoms with Crippen molar-refractivity contribution in [2.45, 2.75) is 52.9 Å². The minimum Gasteiger partial charge on any atom is -0.316 e. The topological polar surface area (TPSA) is 12.0 Å². The van der Waals surface area contributed by atoms with E-state index in [1.807, 2.05) is 0 Å². The van der Waals surface area contributed by atoms with Crippen LogP contribution in [0.15, 0.2) is 18.2 Å². The zero-order chi connectivity index (χ0) is 15.0. The van der Waals surface area contributed by atoms with E-state index in [4.69, 9.17) is 0 Å². The summed E-state index contributed by atoms with van der Waals surface area (Å²) in [7, 11) is 0. The maximum absolute atomic E-state index is 13.4. The SMILES string of the molecule is CCCCC(CC)(CNCC)Cc1cc(F)cc(F)c1. The third-order valence-corrected chi connectivity index (χ3v) is 4.06. The van der Waals surface area contributed by atoms with Crippen LogP contribution in [0.3, 0.4) is 0 Å². The highest BCUT2D eigenvalue weighted by Gasteiger charge is 2.27. The van der Waals surface area contributed by atoms with Crippen LogP contribution >= 0.6 is 0 Å². The molecule has 0 heterocycles. The van der Waals surface area contributed by atoms with E-state index in [1.54, 1.807) is 0 Å². The summed E-state index contributed by atoms with van der Waals surface area (Å²) >= 11 is 0. The Hall–Kier alpha value is -0.960. The first-order valence-corrected chi connectivity index (χ1v) is 7.71. The van der Waals surface area contributed by atoms with Crippen LogP contribution in [0.1, 0.15) is 52.0 Å². The lowest BCUT2D eigenvalue weighted by molar-refractivity contribution is 0.230. The van der Waals surface area contributed by atoms with E-state index in [0.29, 0.717) is 0 Å². The van der Waals surface area contributed by atoms with Crippen LogP contribution < -0.4 is 5.32 Å². The molecule has 1 aromatic carbocycles. The number of unbranched alkanes of at least 4 members (excludes halogenated alkanes) is 1. The van der Waals surface area contributed by atoms with E-state index in [0.717, 1.165) is 56.8 Å². The van der Waals surface area contributed by atoms with E-state index < -0.39 is 11.6 Å². The van der Waals surface area contributed by atoms with Crippen molar-refractivity contribution in [2.24, 2.45) is 5.41 Å². The van der Waals surface area contributed by atoms with Crippen molar-refractivity contribution in [1.82, 2.24) is 5.32 Å². The molecule has 1 N–H and O–H groups in total. The molecule has 0 aromatic heterocycles. The molecule has 0 fully saturated rings. The molecule has 1 rings (SSSR count). The monoisotopic (exact) mass is 283 g/mol. The van der Waals surface area contributed by atoms with Gasteiger partial charge in [0.05, 0.1) is 0 Å². The van der Waals surface area contributed by atoms with E-state index in [2.05, 4.69) is 26.1 Å². The third-order valence-electron chi connectivity index (χ3n) is 4.06. The van der Waals surface area contributed by atoms with Crippen LogP contribution in [0, 0.1) is 17.0 Å². The minimum atomic E-state index is -0.482. The Morgan fingerprint density at radius 2 is 1.70 bits per heavy atom. The number of halogens is 2. The second-order valence-electron chi connectivity index (χ2n) is 5.69. The van der Waals surface area contributed by atoms with Gasteiger partial charge in [-0.2, -0.15) is 0 Å². The van der Waals surface area contributed by atoms with Crippen LogP contribution in [0.25, 0.3) is 0 Å². The van der Waals surface area contributed by atoms with Crippen LogP contribution in [-0.4, -0.2) is 13.1 Å². The Kier molecular flexibility index (Phi) is 7.14. The summed E-state index contributed by atoms with van der Waals surface area (Å²) < 4.78 is 26.7. The normalized spacial score (nSPS) is 14.2. The maximum Gasteiger partial charge on any atom is 0.126 e. The molecule has 0 aliphatic rings. The van der Waals surface area contributed by atoms with Gasteiger partial charge in [0.2, 0.25) is 0 Å². The van der Waals surface area contributed by atoms with Crippen LogP contribution in [0.2, 0.25) is 0 Å². The Bertz CT molecular complexity index is 376. The highest BCUT2D eigenvalue weighted by molar-refractivity contribution is 5.19. The predicted molar refractivity (Wildman–Crippen MR) is 80.9 cm³/mol. The smallest absolute Gasteiger partial charge is 0.126 e. The predicted octanol–water partition coefficient (Wildman–Crippen LogP) is 4.70. The number of rotatable bonds is 9. The molecule has 1 aromatic rings. The molecule has 0 spiro atoms. The second kappa shape index (κ2) is 8.35. The molecule has 3 heteroatoms. The van der Waals surface area contributed by atoms with E-state index in [1.165, 1.54) is 12.1 Å². The zero-order valence-corrected chi connectivity index (χ0v) is 12.9. The minimum absolute atomic E-state index is 0.0895. The van der Waals surface area contributed by atoms with Crippen LogP contribution in [-0.2, 0) is 6.42 Å². The fraction of sp³-hybridized carbons (Fsp3) is 0.647. The zero-order valence-electron chi connectivity index (χ0n) is 12.9. The molecule has 0 bridgehead atoms. The first-order chi connectivity index (χ1) is 9.55. The largest absolute Gasteiger partial charge is 0.316 e. The summed E-state index contributed by atoms with van der Waals surface area (Å²) in [5.74, 6) is -0.965. The van der Waals surface area contributed by atoms with Gasteiger partial charge in [-0.15, -0.1) is 0 Å². The third kappa shape index (κ3) is 5.20. The molecule has 0 aliphatic heterocycles. The Balaban J connectivity index is 2.90. The summed E-state index contributed by atoms with van der Waals surface area (Å²) in [4.78, 5) is 0. The van der Waals surface area contributed by atoms with Gasteiger partial charge < -0.3 is 5.32 Å². The molecular formula is C17H27F2N. The van der Waals surface area contributed by atoms with E-state index >= 15 is 0 Å². The molecule has 0 aliphatic carbocycles. The van der Waals surface area contributed by atoms with Gasteiger partial charge in [-0.25, -0.2) is 8.78 Å². The lowest BCUT2D eigenvalue weighted by atomic mass is 9.75.